The summed E-state index contributed by atoms with van der Waals surface area (Å²) in [6.45, 7) is 1.89. The number of amides is 1. The lowest BCUT2D eigenvalue weighted by molar-refractivity contribution is 0.0995. The van der Waals surface area contributed by atoms with Gasteiger partial charge in [-0.15, -0.1) is 0 Å². The molecule has 0 aliphatic carbocycles. The van der Waals surface area contributed by atoms with Gasteiger partial charge in [0.25, 0.3) is 5.91 Å². The zero-order valence-electron chi connectivity index (χ0n) is 18.6. The standard InChI is InChI=1S/C27H20N2O5S/c1-18-8-10-19(11-9-18)26(30)25-17-29(22-5-2-3-7-24(22)35(25,32)33)21-14-12-20(13-15-21)28-27(31)23-6-4-16-34-23/h2-17H,1H3,(H,28,31). The van der Waals surface area contributed by atoms with Crippen molar-refractivity contribution in [1.29, 1.82) is 0 Å². The number of Topliss-reactive ketones (excluding diaryl/α,β-unsaturated/α-hetero) is 1. The Bertz CT molecular complexity index is 1550. The van der Waals surface area contributed by atoms with E-state index in [0.717, 1.165) is 5.56 Å². The fraction of sp³-hybridized carbons (Fsp3) is 0.0370. The molecule has 1 aliphatic rings. The van der Waals surface area contributed by atoms with E-state index in [4.69, 9.17) is 4.42 Å². The summed E-state index contributed by atoms with van der Waals surface area (Å²) in [4.78, 5) is 26.9. The largest absolute Gasteiger partial charge is 0.459 e. The molecule has 35 heavy (non-hydrogen) atoms. The lowest BCUT2D eigenvalue weighted by Crippen LogP contribution is -2.25. The van der Waals surface area contributed by atoms with E-state index in [1.165, 1.54) is 18.5 Å². The van der Waals surface area contributed by atoms with E-state index in [9.17, 15) is 18.0 Å². The summed E-state index contributed by atoms with van der Waals surface area (Å²) < 4.78 is 31.9. The molecule has 2 heterocycles. The van der Waals surface area contributed by atoms with E-state index in [0.29, 0.717) is 22.6 Å². The number of rotatable bonds is 5. The summed E-state index contributed by atoms with van der Waals surface area (Å²) in [5.41, 5.74) is 2.85. The van der Waals surface area contributed by atoms with Gasteiger partial charge in [-0.25, -0.2) is 8.42 Å². The summed E-state index contributed by atoms with van der Waals surface area (Å²) in [7, 11) is -4.03. The maximum atomic E-state index is 13.4. The third-order valence-corrected chi connectivity index (χ3v) is 7.43. The second kappa shape index (κ2) is 8.73. The van der Waals surface area contributed by atoms with Gasteiger partial charge in [0.05, 0.1) is 16.8 Å². The Morgan fingerprint density at radius 1 is 0.857 bits per heavy atom. The van der Waals surface area contributed by atoms with Gasteiger partial charge in [0, 0.05) is 23.1 Å². The molecule has 0 spiro atoms. The van der Waals surface area contributed by atoms with Gasteiger partial charge in [-0.3, -0.25) is 9.59 Å². The van der Waals surface area contributed by atoms with Crippen LogP contribution < -0.4 is 10.2 Å². The van der Waals surface area contributed by atoms with Gasteiger partial charge in [-0.1, -0.05) is 42.0 Å². The minimum absolute atomic E-state index is 0.0492. The molecule has 7 nitrogen and oxygen atoms in total. The molecular formula is C27H20N2O5S. The predicted octanol–water partition coefficient (Wildman–Crippen LogP) is 5.49. The fourth-order valence-corrected chi connectivity index (χ4v) is 5.35. The maximum Gasteiger partial charge on any atom is 0.291 e. The Kier molecular flexibility index (Phi) is 5.58. The number of allylic oxidation sites excluding steroid dienone is 1. The average molecular weight is 485 g/mol. The molecule has 3 aromatic carbocycles. The molecule has 1 aliphatic heterocycles. The van der Waals surface area contributed by atoms with Crippen LogP contribution in [0.15, 0.2) is 112 Å². The van der Waals surface area contributed by atoms with Crippen molar-refractivity contribution in [2.45, 2.75) is 11.8 Å². The first kappa shape index (κ1) is 22.4. The molecule has 1 aromatic heterocycles. The van der Waals surface area contributed by atoms with Crippen molar-refractivity contribution in [2.75, 3.05) is 10.2 Å². The van der Waals surface area contributed by atoms with Gasteiger partial charge in [0.1, 0.15) is 4.91 Å². The molecule has 0 saturated carbocycles. The monoisotopic (exact) mass is 484 g/mol. The van der Waals surface area contributed by atoms with Crippen LogP contribution in [0.5, 0.6) is 0 Å². The first-order chi connectivity index (χ1) is 16.8. The summed E-state index contributed by atoms with van der Waals surface area (Å²) >= 11 is 0. The van der Waals surface area contributed by atoms with Crippen molar-refractivity contribution >= 4 is 38.6 Å². The number of sulfone groups is 1. The van der Waals surface area contributed by atoms with E-state index >= 15 is 0 Å². The third-order valence-electron chi connectivity index (χ3n) is 5.64. The van der Waals surface area contributed by atoms with Crippen LogP contribution in [-0.2, 0) is 9.84 Å². The van der Waals surface area contributed by atoms with Gasteiger partial charge in [-0.05, 0) is 55.5 Å². The summed E-state index contributed by atoms with van der Waals surface area (Å²) in [5.74, 6) is -0.777. The minimum Gasteiger partial charge on any atom is -0.459 e. The number of aryl methyl sites for hydroxylation is 1. The highest BCUT2D eigenvalue weighted by molar-refractivity contribution is 7.96. The smallest absolute Gasteiger partial charge is 0.291 e. The van der Waals surface area contributed by atoms with E-state index < -0.39 is 15.6 Å². The van der Waals surface area contributed by atoms with Crippen LogP contribution >= 0.6 is 0 Å². The molecule has 0 saturated heterocycles. The van der Waals surface area contributed by atoms with Crippen LogP contribution in [-0.4, -0.2) is 20.1 Å². The quantitative estimate of drug-likeness (QED) is 0.376. The number of anilines is 3. The summed E-state index contributed by atoms with van der Waals surface area (Å²) in [5, 5.41) is 2.74. The Hall–Kier alpha value is -4.43. The molecule has 4 aromatic rings. The van der Waals surface area contributed by atoms with E-state index in [1.54, 1.807) is 83.8 Å². The Morgan fingerprint density at radius 3 is 2.26 bits per heavy atom. The normalized spacial score (nSPS) is 14.1. The SMILES string of the molecule is Cc1ccc(C(=O)C2=CN(c3ccc(NC(=O)c4ccco4)cc3)c3ccccc3S2(=O)=O)cc1. The Balaban J connectivity index is 1.53. The van der Waals surface area contributed by atoms with E-state index in [2.05, 4.69) is 5.32 Å². The van der Waals surface area contributed by atoms with Crippen molar-refractivity contribution in [2.24, 2.45) is 0 Å². The molecule has 1 N–H and O–H groups in total. The zero-order valence-corrected chi connectivity index (χ0v) is 19.5. The molecule has 1 amide bonds. The molecule has 0 unspecified atom stereocenters. The lowest BCUT2D eigenvalue weighted by atomic mass is 10.1. The lowest BCUT2D eigenvalue weighted by Gasteiger charge is -2.29. The second-order valence-electron chi connectivity index (χ2n) is 8.01. The number of hydrogen-bond donors (Lipinski definition) is 1. The third kappa shape index (κ3) is 4.15. The molecule has 174 valence electrons. The van der Waals surface area contributed by atoms with Crippen molar-refractivity contribution in [3.05, 3.63) is 119 Å². The molecule has 8 heteroatoms. The van der Waals surface area contributed by atoms with Crippen LogP contribution in [0.1, 0.15) is 26.5 Å². The number of fused-ring (bicyclic) bond motifs is 1. The highest BCUT2D eigenvalue weighted by Crippen LogP contribution is 2.40. The molecule has 0 bridgehead atoms. The number of nitrogens with zero attached hydrogens (tertiary/aromatic N) is 1. The molecule has 5 rings (SSSR count). The zero-order chi connectivity index (χ0) is 24.6. The molecular weight excluding hydrogens is 464 g/mol. The number of ketones is 1. The Morgan fingerprint density at radius 2 is 1.57 bits per heavy atom. The molecule has 0 radical (unpaired) electrons. The van der Waals surface area contributed by atoms with Gasteiger partial charge >= 0.3 is 0 Å². The Labute approximate surface area is 202 Å². The number of hydrogen-bond acceptors (Lipinski definition) is 6. The maximum absolute atomic E-state index is 13.4. The molecule has 0 fully saturated rings. The first-order valence-electron chi connectivity index (χ1n) is 10.8. The first-order valence-corrected chi connectivity index (χ1v) is 12.2. The summed E-state index contributed by atoms with van der Waals surface area (Å²) in [6, 6.07) is 23.4. The minimum atomic E-state index is -4.03. The number of nitrogens with one attached hydrogen (secondary N) is 1. The highest BCUT2D eigenvalue weighted by Gasteiger charge is 2.36. The van der Waals surface area contributed by atoms with Gasteiger partial charge in [0.15, 0.2) is 5.76 Å². The number of carbonyl (C=O) groups excluding carboxylic acids is 2. The van der Waals surface area contributed by atoms with Crippen molar-refractivity contribution in [1.82, 2.24) is 0 Å². The van der Waals surface area contributed by atoms with Crippen LogP contribution in [0.3, 0.4) is 0 Å². The predicted molar refractivity (Wildman–Crippen MR) is 132 cm³/mol. The number of furan rings is 1. The van der Waals surface area contributed by atoms with E-state index in [1.807, 2.05) is 6.92 Å². The van der Waals surface area contributed by atoms with Crippen LogP contribution in [0.25, 0.3) is 0 Å². The van der Waals surface area contributed by atoms with Gasteiger partial charge < -0.3 is 14.6 Å². The average Bonchev–Trinajstić information content (AvgIpc) is 3.40. The highest BCUT2D eigenvalue weighted by atomic mass is 32.2. The van der Waals surface area contributed by atoms with Crippen molar-refractivity contribution in [3.8, 4) is 0 Å². The van der Waals surface area contributed by atoms with Crippen LogP contribution in [0.4, 0.5) is 17.1 Å². The number of carbonyl (C=O) groups is 2. The number of benzene rings is 3. The number of para-hydroxylation sites is 1. The fourth-order valence-electron chi connectivity index (χ4n) is 3.81. The summed E-state index contributed by atoms with van der Waals surface area (Å²) in [6.07, 6.45) is 2.78. The second-order valence-corrected chi connectivity index (χ2v) is 9.89. The van der Waals surface area contributed by atoms with Gasteiger partial charge in [0.2, 0.25) is 15.6 Å². The molecule has 0 atom stereocenters. The van der Waals surface area contributed by atoms with Crippen molar-refractivity contribution < 1.29 is 22.4 Å². The van der Waals surface area contributed by atoms with Crippen molar-refractivity contribution in [3.63, 3.8) is 0 Å². The van der Waals surface area contributed by atoms with Gasteiger partial charge in [-0.2, -0.15) is 0 Å². The topological polar surface area (TPSA) is 96.7 Å². The van der Waals surface area contributed by atoms with Crippen LogP contribution in [0.2, 0.25) is 0 Å². The van der Waals surface area contributed by atoms with Crippen LogP contribution in [0, 0.1) is 6.92 Å². The van der Waals surface area contributed by atoms with E-state index in [-0.39, 0.29) is 21.5 Å².